The molecule has 1 fully saturated rings. The van der Waals surface area contributed by atoms with Gasteiger partial charge in [-0.3, -0.25) is 4.68 Å². The Morgan fingerprint density at radius 1 is 1.03 bits per heavy atom. The first-order chi connectivity index (χ1) is 15.4. The van der Waals surface area contributed by atoms with Crippen molar-refractivity contribution in [3.8, 4) is 17.1 Å². The highest BCUT2D eigenvalue weighted by molar-refractivity contribution is 6.33. The highest BCUT2D eigenvalue weighted by atomic mass is 35.5. The van der Waals surface area contributed by atoms with Crippen molar-refractivity contribution in [1.29, 1.82) is 0 Å². The molecule has 4 aromatic rings. The highest BCUT2D eigenvalue weighted by Gasteiger charge is 2.26. The lowest BCUT2D eigenvalue weighted by molar-refractivity contribution is 0.563. The predicted octanol–water partition coefficient (Wildman–Crippen LogP) is 5.59. The van der Waals surface area contributed by atoms with Crippen molar-refractivity contribution in [2.24, 2.45) is 5.92 Å². The summed E-state index contributed by atoms with van der Waals surface area (Å²) in [5.74, 6) is 0.963. The lowest BCUT2D eigenvalue weighted by Gasteiger charge is -2.07. The van der Waals surface area contributed by atoms with E-state index in [1.54, 1.807) is 16.8 Å². The van der Waals surface area contributed by atoms with E-state index in [0.717, 1.165) is 40.6 Å². The monoisotopic (exact) mass is 470 g/mol. The second-order valence-electron chi connectivity index (χ2n) is 8.18. The molecule has 0 atom stereocenters. The number of halogens is 3. The molecule has 5 rings (SSSR count). The lowest BCUT2D eigenvalue weighted by Crippen LogP contribution is -2.06. The van der Waals surface area contributed by atoms with Gasteiger partial charge in [-0.1, -0.05) is 23.2 Å². The Hall–Kier alpha value is -2.77. The normalized spacial score (nSPS) is 13.7. The van der Waals surface area contributed by atoms with Gasteiger partial charge in [0.05, 0.1) is 38.5 Å². The number of aryl methyl sites for hydroxylation is 1. The van der Waals surface area contributed by atoms with E-state index in [2.05, 4.69) is 15.1 Å². The maximum Gasteiger partial charge on any atom is 0.157 e. The molecule has 1 saturated carbocycles. The Balaban J connectivity index is 1.50. The van der Waals surface area contributed by atoms with Gasteiger partial charge in [-0.25, -0.2) is 19.0 Å². The Morgan fingerprint density at radius 2 is 1.78 bits per heavy atom. The van der Waals surface area contributed by atoms with Crippen LogP contribution in [0.3, 0.4) is 0 Å². The van der Waals surface area contributed by atoms with Crippen LogP contribution in [0.2, 0.25) is 10.0 Å². The molecule has 164 valence electrons. The quantitative estimate of drug-likeness (QED) is 0.368. The zero-order chi connectivity index (χ0) is 22.4. The topological polar surface area (TPSA) is 61.4 Å². The van der Waals surface area contributed by atoms with E-state index in [9.17, 15) is 4.39 Å². The van der Waals surface area contributed by atoms with Gasteiger partial charge in [0, 0.05) is 24.6 Å². The minimum absolute atomic E-state index is 0.281. The van der Waals surface area contributed by atoms with Crippen molar-refractivity contribution in [2.45, 2.75) is 39.7 Å². The third-order valence-electron chi connectivity index (χ3n) is 5.68. The second kappa shape index (κ2) is 8.30. The number of hydrogen-bond donors (Lipinski definition) is 0. The number of rotatable bonds is 6. The first-order valence-electron chi connectivity index (χ1n) is 10.4. The number of benzene rings is 1. The summed E-state index contributed by atoms with van der Waals surface area (Å²) in [5.41, 5.74) is 4.71. The van der Waals surface area contributed by atoms with Gasteiger partial charge in [0.25, 0.3) is 0 Å². The van der Waals surface area contributed by atoms with Gasteiger partial charge in [-0.15, -0.1) is 0 Å². The second-order valence-corrected chi connectivity index (χ2v) is 8.94. The zero-order valence-corrected chi connectivity index (χ0v) is 19.2. The molecule has 0 amide bonds. The maximum absolute atomic E-state index is 13.5. The first-order valence-corrected chi connectivity index (χ1v) is 11.2. The fraction of sp³-hybridized carbons (Fsp3) is 0.304. The third-order valence-corrected chi connectivity index (χ3v) is 6.63. The minimum atomic E-state index is -0.281. The molecule has 6 nitrogen and oxygen atoms in total. The van der Waals surface area contributed by atoms with E-state index >= 15 is 0 Å². The van der Waals surface area contributed by atoms with Crippen molar-refractivity contribution in [1.82, 2.24) is 29.5 Å². The van der Waals surface area contributed by atoms with Crippen LogP contribution in [0.4, 0.5) is 4.39 Å². The van der Waals surface area contributed by atoms with E-state index in [0.29, 0.717) is 28.2 Å². The summed E-state index contributed by atoms with van der Waals surface area (Å²) in [6.07, 6.45) is 4.32. The molecule has 32 heavy (non-hydrogen) atoms. The summed E-state index contributed by atoms with van der Waals surface area (Å²) in [4.78, 5) is 8.77. The molecule has 0 spiro atoms. The molecular weight excluding hydrogens is 450 g/mol. The van der Waals surface area contributed by atoms with Crippen molar-refractivity contribution in [2.75, 3.05) is 0 Å². The Morgan fingerprint density at radius 3 is 2.44 bits per heavy atom. The average molecular weight is 471 g/mol. The van der Waals surface area contributed by atoms with Crippen LogP contribution in [-0.2, 0) is 13.0 Å². The standard InChI is InChI=1S/C23H21Cl2FN6/c1-13-21(24)14(2)32(29-13)20-10-18(27-12-28-20)9-19-22(25)23(16-5-7-17(26)8-6-16)31(30-19)11-15-3-4-15/h5-8,10,12,15H,3-4,9,11H2,1-2H3. The van der Waals surface area contributed by atoms with E-state index in [4.69, 9.17) is 28.3 Å². The molecule has 1 aliphatic rings. The molecule has 1 aromatic carbocycles. The molecule has 0 aliphatic heterocycles. The fourth-order valence-corrected chi connectivity index (χ4v) is 4.21. The third kappa shape index (κ3) is 4.02. The number of nitrogens with zero attached hydrogens (tertiary/aromatic N) is 6. The van der Waals surface area contributed by atoms with Gasteiger partial charge in [-0.05, 0) is 56.9 Å². The van der Waals surface area contributed by atoms with Crippen LogP contribution in [0.25, 0.3) is 17.1 Å². The van der Waals surface area contributed by atoms with Crippen molar-refractivity contribution in [3.05, 3.63) is 75.3 Å². The Kier molecular flexibility index (Phi) is 5.47. The highest BCUT2D eigenvalue weighted by Crippen LogP contribution is 2.36. The van der Waals surface area contributed by atoms with Gasteiger partial charge in [0.15, 0.2) is 5.82 Å². The largest absolute Gasteiger partial charge is 0.263 e. The molecule has 9 heteroatoms. The van der Waals surface area contributed by atoms with Crippen LogP contribution in [-0.4, -0.2) is 29.5 Å². The summed E-state index contributed by atoms with van der Waals surface area (Å²) in [5, 5.41) is 10.5. The molecule has 0 unspecified atom stereocenters. The summed E-state index contributed by atoms with van der Waals surface area (Å²) in [7, 11) is 0. The van der Waals surface area contributed by atoms with Crippen molar-refractivity contribution < 1.29 is 4.39 Å². The molecule has 3 heterocycles. The first kappa shape index (κ1) is 21.1. The maximum atomic E-state index is 13.5. The van der Waals surface area contributed by atoms with E-state index in [1.807, 2.05) is 24.6 Å². The van der Waals surface area contributed by atoms with E-state index in [-0.39, 0.29) is 5.82 Å². The van der Waals surface area contributed by atoms with E-state index < -0.39 is 0 Å². The Labute approximate surface area is 195 Å². The molecule has 0 saturated heterocycles. The van der Waals surface area contributed by atoms with Crippen LogP contribution < -0.4 is 0 Å². The smallest absolute Gasteiger partial charge is 0.157 e. The van der Waals surface area contributed by atoms with Gasteiger partial charge < -0.3 is 0 Å². The molecule has 0 radical (unpaired) electrons. The van der Waals surface area contributed by atoms with Gasteiger partial charge in [-0.2, -0.15) is 10.2 Å². The SMILES string of the molecule is Cc1nn(-c2cc(Cc3nn(CC4CC4)c(-c4ccc(F)cc4)c3Cl)ncn2)c(C)c1Cl. The summed E-state index contributed by atoms with van der Waals surface area (Å²) in [6.45, 7) is 4.55. The molecule has 1 aliphatic carbocycles. The molecule has 0 N–H and O–H groups in total. The van der Waals surface area contributed by atoms with Gasteiger partial charge in [0.1, 0.15) is 12.1 Å². The van der Waals surface area contributed by atoms with Gasteiger partial charge >= 0.3 is 0 Å². The summed E-state index contributed by atoms with van der Waals surface area (Å²) in [6, 6.07) is 8.22. The number of hydrogen-bond acceptors (Lipinski definition) is 4. The van der Waals surface area contributed by atoms with Crippen LogP contribution in [0.15, 0.2) is 36.7 Å². The van der Waals surface area contributed by atoms with Gasteiger partial charge in [0.2, 0.25) is 0 Å². The summed E-state index contributed by atoms with van der Waals surface area (Å²) >= 11 is 13.1. The van der Waals surface area contributed by atoms with Crippen LogP contribution in [0, 0.1) is 25.6 Å². The number of aromatic nitrogens is 6. The van der Waals surface area contributed by atoms with Crippen LogP contribution in [0.5, 0.6) is 0 Å². The van der Waals surface area contributed by atoms with E-state index in [1.165, 1.54) is 31.3 Å². The summed E-state index contributed by atoms with van der Waals surface area (Å²) < 4.78 is 17.1. The fourth-order valence-electron chi connectivity index (χ4n) is 3.78. The minimum Gasteiger partial charge on any atom is -0.263 e. The lowest BCUT2D eigenvalue weighted by atomic mass is 10.1. The van der Waals surface area contributed by atoms with Crippen molar-refractivity contribution in [3.63, 3.8) is 0 Å². The molecule has 0 bridgehead atoms. The predicted molar refractivity (Wildman–Crippen MR) is 122 cm³/mol. The zero-order valence-electron chi connectivity index (χ0n) is 17.7. The molecular formula is C23H21Cl2FN6. The molecule has 3 aromatic heterocycles. The average Bonchev–Trinajstić information content (AvgIpc) is 3.50. The van der Waals surface area contributed by atoms with Crippen molar-refractivity contribution >= 4 is 23.2 Å². The van der Waals surface area contributed by atoms with Crippen LogP contribution >= 0.6 is 23.2 Å². The Bertz CT molecular complexity index is 1290. The van der Waals surface area contributed by atoms with Crippen LogP contribution in [0.1, 0.15) is 35.6 Å².